The molecule has 0 saturated heterocycles. The van der Waals surface area contributed by atoms with Gasteiger partial charge < -0.3 is 14.2 Å². The van der Waals surface area contributed by atoms with Crippen LogP contribution >= 0.6 is 0 Å². The number of benzene rings is 1. The van der Waals surface area contributed by atoms with Gasteiger partial charge in [0.05, 0.1) is 12.3 Å². The molecule has 6 heteroatoms. The molecular weight excluding hydrogens is 299 g/mol. The van der Waals surface area contributed by atoms with E-state index in [1.165, 1.54) is 11.0 Å². The number of anilines is 1. The molecular formula is C17H19FN2O3. The van der Waals surface area contributed by atoms with Crippen molar-refractivity contribution >= 4 is 11.6 Å². The minimum Gasteiger partial charge on any atom is -0.365 e. The van der Waals surface area contributed by atoms with Crippen molar-refractivity contribution in [1.82, 2.24) is 5.16 Å². The Morgan fingerprint density at radius 1 is 1.43 bits per heavy atom. The van der Waals surface area contributed by atoms with E-state index in [0.29, 0.717) is 23.7 Å². The van der Waals surface area contributed by atoms with Crippen LogP contribution < -0.4 is 4.90 Å². The predicted octanol–water partition coefficient (Wildman–Crippen LogP) is 2.93. The molecule has 0 N–H and O–H groups in total. The van der Waals surface area contributed by atoms with Crippen molar-refractivity contribution in [3.05, 3.63) is 46.6 Å². The Morgan fingerprint density at radius 2 is 2.26 bits per heavy atom. The third-order valence-corrected chi connectivity index (χ3v) is 4.00. The molecule has 1 aromatic carbocycles. The molecule has 0 aliphatic carbocycles. The summed E-state index contributed by atoms with van der Waals surface area (Å²) in [6.07, 6.45) is 1.62. The molecule has 0 radical (unpaired) electrons. The van der Waals surface area contributed by atoms with Gasteiger partial charge in [0.15, 0.2) is 0 Å². The van der Waals surface area contributed by atoms with Crippen molar-refractivity contribution < 1.29 is 18.4 Å². The van der Waals surface area contributed by atoms with Crippen LogP contribution in [0.2, 0.25) is 0 Å². The first kappa shape index (κ1) is 15.7. The molecule has 2 aromatic rings. The Morgan fingerprint density at radius 3 is 3.00 bits per heavy atom. The van der Waals surface area contributed by atoms with Crippen LogP contribution in [0.4, 0.5) is 10.1 Å². The lowest BCUT2D eigenvalue weighted by atomic mass is 9.96. The largest absolute Gasteiger partial charge is 0.365 e. The third kappa shape index (κ3) is 3.27. The van der Waals surface area contributed by atoms with E-state index in [0.717, 1.165) is 24.0 Å². The second-order valence-electron chi connectivity index (χ2n) is 5.76. The zero-order valence-corrected chi connectivity index (χ0v) is 13.3. The Kier molecular flexibility index (Phi) is 4.43. The number of ether oxygens (including phenoxy) is 1. The number of aromatic nitrogens is 1. The number of halogens is 1. The molecule has 1 aliphatic heterocycles. The van der Waals surface area contributed by atoms with E-state index in [-0.39, 0.29) is 24.9 Å². The van der Waals surface area contributed by atoms with Crippen molar-refractivity contribution in [2.24, 2.45) is 0 Å². The van der Waals surface area contributed by atoms with E-state index in [4.69, 9.17) is 9.26 Å². The van der Waals surface area contributed by atoms with Gasteiger partial charge in [0.1, 0.15) is 23.9 Å². The molecule has 0 saturated carbocycles. The smallest absolute Gasteiger partial charge is 0.253 e. The molecule has 5 nitrogen and oxygen atoms in total. The van der Waals surface area contributed by atoms with Gasteiger partial charge in [-0.3, -0.25) is 4.79 Å². The van der Waals surface area contributed by atoms with E-state index in [2.05, 4.69) is 5.16 Å². The first-order valence-electron chi connectivity index (χ1n) is 7.64. The first-order chi connectivity index (χ1) is 11.1. The van der Waals surface area contributed by atoms with Crippen molar-refractivity contribution in [3.8, 4) is 0 Å². The molecule has 23 heavy (non-hydrogen) atoms. The van der Waals surface area contributed by atoms with Crippen LogP contribution in [-0.4, -0.2) is 24.2 Å². The highest BCUT2D eigenvalue weighted by Crippen LogP contribution is 2.32. The lowest BCUT2D eigenvalue weighted by Gasteiger charge is -2.30. The monoisotopic (exact) mass is 318 g/mol. The molecule has 1 aromatic heterocycles. The van der Waals surface area contributed by atoms with Crippen molar-refractivity contribution in [1.29, 1.82) is 0 Å². The lowest BCUT2D eigenvalue weighted by Crippen LogP contribution is -2.38. The SMILES string of the molecule is Cc1cc(COCC(=O)N2CCCc3c(C)ccc(F)c32)no1. The van der Waals surface area contributed by atoms with E-state index >= 15 is 0 Å². The summed E-state index contributed by atoms with van der Waals surface area (Å²) >= 11 is 0. The van der Waals surface area contributed by atoms with E-state index < -0.39 is 0 Å². The summed E-state index contributed by atoms with van der Waals surface area (Å²) in [4.78, 5) is 13.9. The van der Waals surface area contributed by atoms with Gasteiger partial charge in [0.25, 0.3) is 5.91 Å². The second-order valence-corrected chi connectivity index (χ2v) is 5.76. The molecule has 0 unspecified atom stereocenters. The number of fused-ring (bicyclic) bond motifs is 1. The highest BCUT2D eigenvalue weighted by Gasteiger charge is 2.26. The first-order valence-corrected chi connectivity index (χ1v) is 7.64. The number of hydrogen-bond acceptors (Lipinski definition) is 4. The van der Waals surface area contributed by atoms with Gasteiger partial charge in [-0.1, -0.05) is 11.2 Å². The zero-order chi connectivity index (χ0) is 16.4. The zero-order valence-electron chi connectivity index (χ0n) is 13.3. The molecule has 1 amide bonds. The topological polar surface area (TPSA) is 55.6 Å². The number of rotatable bonds is 4. The number of carbonyl (C=O) groups is 1. The highest BCUT2D eigenvalue weighted by atomic mass is 19.1. The summed E-state index contributed by atoms with van der Waals surface area (Å²) in [6, 6.07) is 4.92. The fraction of sp³-hybridized carbons (Fsp3) is 0.412. The Bertz CT molecular complexity index is 727. The van der Waals surface area contributed by atoms with Crippen LogP contribution in [0, 0.1) is 19.7 Å². The number of nitrogens with zero attached hydrogens (tertiary/aromatic N) is 2. The van der Waals surface area contributed by atoms with Crippen molar-refractivity contribution in [3.63, 3.8) is 0 Å². The van der Waals surface area contributed by atoms with Crippen LogP contribution in [-0.2, 0) is 22.6 Å². The van der Waals surface area contributed by atoms with Crippen LogP contribution in [0.3, 0.4) is 0 Å². The Labute approximate surface area is 134 Å². The van der Waals surface area contributed by atoms with Crippen LogP contribution in [0.5, 0.6) is 0 Å². The highest BCUT2D eigenvalue weighted by molar-refractivity contribution is 5.95. The molecule has 0 spiro atoms. The van der Waals surface area contributed by atoms with Gasteiger partial charge in [0, 0.05) is 12.6 Å². The fourth-order valence-corrected chi connectivity index (χ4v) is 2.90. The number of hydrogen-bond donors (Lipinski definition) is 0. The normalized spacial score (nSPS) is 14.0. The summed E-state index contributed by atoms with van der Waals surface area (Å²) in [7, 11) is 0. The van der Waals surface area contributed by atoms with Gasteiger partial charge in [-0.2, -0.15) is 0 Å². The third-order valence-electron chi connectivity index (χ3n) is 4.00. The second kappa shape index (κ2) is 6.50. The van der Waals surface area contributed by atoms with E-state index in [1.807, 2.05) is 6.92 Å². The van der Waals surface area contributed by atoms with Gasteiger partial charge in [0.2, 0.25) is 0 Å². The summed E-state index contributed by atoms with van der Waals surface area (Å²) < 4.78 is 24.5. The average Bonchev–Trinajstić information content (AvgIpc) is 2.96. The number of carbonyl (C=O) groups excluding carboxylic acids is 1. The number of amides is 1. The molecule has 0 bridgehead atoms. The van der Waals surface area contributed by atoms with E-state index in [9.17, 15) is 9.18 Å². The molecule has 1 aliphatic rings. The van der Waals surface area contributed by atoms with E-state index in [1.54, 1.807) is 19.1 Å². The van der Waals surface area contributed by atoms with Crippen molar-refractivity contribution in [2.45, 2.75) is 33.3 Å². The fourth-order valence-electron chi connectivity index (χ4n) is 2.90. The van der Waals surface area contributed by atoms with Gasteiger partial charge in [-0.15, -0.1) is 0 Å². The Balaban J connectivity index is 1.68. The molecule has 3 rings (SSSR count). The molecule has 0 atom stereocenters. The molecule has 2 heterocycles. The summed E-state index contributed by atoms with van der Waals surface area (Å²) in [5, 5.41) is 3.80. The van der Waals surface area contributed by atoms with Gasteiger partial charge in [-0.05, 0) is 43.9 Å². The lowest BCUT2D eigenvalue weighted by molar-refractivity contribution is -0.123. The summed E-state index contributed by atoms with van der Waals surface area (Å²) in [6.45, 7) is 4.32. The maximum atomic E-state index is 14.2. The van der Waals surface area contributed by atoms with Crippen LogP contribution in [0.25, 0.3) is 0 Å². The van der Waals surface area contributed by atoms with Crippen LogP contribution in [0.15, 0.2) is 22.7 Å². The van der Waals surface area contributed by atoms with Gasteiger partial charge in [-0.25, -0.2) is 4.39 Å². The average molecular weight is 318 g/mol. The summed E-state index contributed by atoms with van der Waals surface area (Å²) in [5.41, 5.74) is 2.97. The minimum absolute atomic E-state index is 0.112. The van der Waals surface area contributed by atoms with Crippen molar-refractivity contribution in [2.75, 3.05) is 18.1 Å². The molecule has 0 fully saturated rings. The Hall–Kier alpha value is -2.21. The van der Waals surface area contributed by atoms with Crippen LogP contribution in [0.1, 0.15) is 29.0 Å². The maximum absolute atomic E-state index is 14.2. The maximum Gasteiger partial charge on any atom is 0.253 e. The quantitative estimate of drug-likeness (QED) is 0.870. The predicted molar refractivity (Wildman–Crippen MR) is 82.7 cm³/mol. The minimum atomic E-state index is -0.356. The van der Waals surface area contributed by atoms with Gasteiger partial charge >= 0.3 is 0 Å². The standard InChI is InChI=1S/C17H19FN2O3/c1-11-5-6-15(18)17-14(11)4-3-7-20(17)16(21)10-22-9-13-8-12(2)23-19-13/h5-6,8H,3-4,7,9-10H2,1-2H3. The summed E-state index contributed by atoms with van der Waals surface area (Å²) in [5.74, 6) is 0.0962. The number of aryl methyl sites for hydroxylation is 2. The molecule has 122 valence electrons.